The van der Waals surface area contributed by atoms with E-state index in [0.29, 0.717) is 5.92 Å². The van der Waals surface area contributed by atoms with E-state index in [9.17, 15) is 5.11 Å². The second-order valence-corrected chi connectivity index (χ2v) is 3.29. The summed E-state index contributed by atoms with van der Waals surface area (Å²) in [6.45, 7) is 7.88. The van der Waals surface area contributed by atoms with Crippen LogP contribution >= 0.6 is 0 Å². The van der Waals surface area contributed by atoms with Gasteiger partial charge in [0.2, 0.25) is 0 Å². The first-order valence-corrected chi connectivity index (χ1v) is 4.69. The summed E-state index contributed by atoms with van der Waals surface area (Å²) >= 11 is 0. The van der Waals surface area contributed by atoms with Gasteiger partial charge in [-0.25, -0.2) is 0 Å². The highest BCUT2D eigenvalue weighted by molar-refractivity contribution is 4.65. The minimum Gasteiger partial charge on any atom is -0.393 e. The Morgan fingerprint density at radius 3 is 2.36 bits per heavy atom. The van der Waals surface area contributed by atoms with Crippen LogP contribution in [0.4, 0.5) is 0 Å². The molecule has 11 heavy (non-hydrogen) atoms. The van der Waals surface area contributed by atoms with Gasteiger partial charge in [-0.2, -0.15) is 0 Å². The molecule has 0 aliphatic rings. The maximum Gasteiger partial charge on any atom is 0.0540 e. The van der Waals surface area contributed by atoms with Gasteiger partial charge in [0.25, 0.3) is 0 Å². The Hall–Kier alpha value is -0.0400. The SMILES string of the molecule is [CH2]CC(CCCCC)C(C)O. The molecular formula is C10H21O. The van der Waals surface area contributed by atoms with Crippen LogP contribution in [-0.4, -0.2) is 11.2 Å². The average Bonchev–Trinajstić information content (AvgIpc) is 1.97. The molecule has 0 spiro atoms. The molecule has 0 saturated carbocycles. The molecule has 0 saturated heterocycles. The van der Waals surface area contributed by atoms with E-state index in [1.165, 1.54) is 19.3 Å². The van der Waals surface area contributed by atoms with Gasteiger partial charge < -0.3 is 5.11 Å². The van der Waals surface area contributed by atoms with Crippen LogP contribution in [0.25, 0.3) is 0 Å². The van der Waals surface area contributed by atoms with Crippen molar-refractivity contribution in [1.82, 2.24) is 0 Å². The van der Waals surface area contributed by atoms with Gasteiger partial charge in [0, 0.05) is 0 Å². The molecule has 0 aromatic rings. The summed E-state index contributed by atoms with van der Waals surface area (Å²) in [4.78, 5) is 0. The van der Waals surface area contributed by atoms with Crippen molar-refractivity contribution in [2.24, 2.45) is 5.92 Å². The summed E-state index contributed by atoms with van der Waals surface area (Å²) in [5, 5.41) is 9.27. The third kappa shape index (κ3) is 5.25. The second-order valence-electron chi connectivity index (χ2n) is 3.29. The second kappa shape index (κ2) is 6.66. The van der Waals surface area contributed by atoms with Gasteiger partial charge in [-0.15, -0.1) is 0 Å². The summed E-state index contributed by atoms with van der Waals surface area (Å²) in [7, 11) is 0. The molecule has 0 bridgehead atoms. The first-order chi connectivity index (χ1) is 5.22. The summed E-state index contributed by atoms with van der Waals surface area (Å²) < 4.78 is 0. The number of hydrogen-bond acceptors (Lipinski definition) is 1. The highest BCUT2D eigenvalue weighted by Crippen LogP contribution is 2.16. The average molecular weight is 157 g/mol. The van der Waals surface area contributed by atoms with Crippen LogP contribution in [0.3, 0.4) is 0 Å². The lowest BCUT2D eigenvalue weighted by atomic mass is 9.94. The largest absolute Gasteiger partial charge is 0.393 e. The van der Waals surface area contributed by atoms with Crippen molar-refractivity contribution in [2.45, 2.75) is 52.1 Å². The van der Waals surface area contributed by atoms with Crippen molar-refractivity contribution < 1.29 is 5.11 Å². The Morgan fingerprint density at radius 2 is 2.00 bits per heavy atom. The topological polar surface area (TPSA) is 20.2 Å². The monoisotopic (exact) mass is 157 g/mol. The lowest BCUT2D eigenvalue weighted by Crippen LogP contribution is -2.15. The van der Waals surface area contributed by atoms with E-state index in [1.807, 2.05) is 6.92 Å². The number of unbranched alkanes of at least 4 members (excludes halogenated alkanes) is 2. The Labute approximate surface area is 70.8 Å². The molecule has 2 unspecified atom stereocenters. The summed E-state index contributed by atoms with van der Waals surface area (Å²) in [5.41, 5.74) is 0. The van der Waals surface area contributed by atoms with Crippen LogP contribution < -0.4 is 0 Å². The fourth-order valence-electron chi connectivity index (χ4n) is 1.28. The molecule has 1 radical (unpaired) electrons. The van der Waals surface area contributed by atoms with E-state index in [-0.39, 0.29) is 6.10 Å². The van der Waals surface area contributed by atoms with Gasteiger partial charge in [0.05, 0.1) is 6.10 Å². The van der Waals surface area contributed by atoms with Crippen LogP contribution in [0, 0.1) is 12.8 Å². The standard InChI is InChI=1S/C10H21O/c1-4-6-7-8-10(5-2)9(3)11/h9-11H,2,4-8H2,1,3H3. The highest BCUT2D eigenvalue weighted by atomic mass is 16.3. The molecule has 0 aromatic carbocycles. The molecule has 67 valence electrons. The molecule has 0 aliphatic carbocycles. The first kappa shape index (κ1) is 11.0. The Balaban J connectivity index is 3.36. The van der Waals surface area contributed by atoms with E-state index in [1.54, 1.807) is 0 Å². The van der Waals surface area contributed by atoms with E-state index < -0.39 is 0 Å². The lowest BCUT2D eigenvalue weighted by molar-refractivity contribution is 0.119. The van der Waals surface area contributed by atoms with Crippen molar-refractivity contribution in [2.75, 3.05) is 0 Å². The number of aliphatic hydroxyl groups excluding tert-OH is 1. The molecule has 0 heterocycles. The van der Waals surface area contributed by atoms with Crippen molar-refractivity contribution in [3.8, 4) is 0 Å². The van der Waals surface area contributed by atoms with Gasteiger partial charge in [-0.1, -0.05) is 33.1 Å². The molecular weight excluding hydrogens is 136 g/mol. The molecule has 0 rings (SSSR count). The van der Waals surface area contributed by atoms with Gasteiger partial charge in [-0.3, -0.25) is 0 Å². The zero-order chi connectivity index (χ0) is 8.69. The Bertz CT molecular complexity index is 78.9. The molecule has 1 N–H and O–H groups in total. The molecule has 0 aliphatic heterocycles. The van der Waals surface area contributed by atoms with E-state index >= 15 is 0 Å². The smallest absolute Gasteiger partial charge is 0.0540 e. The predicted molar refractivity (Wildman–Crippen MR) is 49.3 cm³/mol. The van der Waals surface area contributed by atoms with E-state index in [4.69, 9.17) is 0 Å². The maximum absolute atomic E-state index is 9.27. The zero-order valence-electron chi connectivity index (χ0n) is 7.84. The zero-order valence-corrected chi connectivity index (χ0v) is 7.84. The number of hydrogen-bond donors (Lipinski definition) is 1. The van der Waals surface area contributed by atoms with Crippen LogP contribution in [0.2, 0.25) is 0 Å². The normalized spacial score (nSPS) is 16.4. The summed E-state index contributed by atoms with van der Waals surface area (Å²) in [6, 6.07) is 0. The van der Waals surface area contributed by atoms with Gasteiger partial charge >= 0.3 is 0 Å². The van der Waals surface area contributed by atoms with Crippen molar-refractivity contribution in [3.05, 3.63) is 6.92 Å². The number of aliphatic hydroxyl groups is 1. The molecule has 1 heteroatoms. The van der Waals surface area contributed by atoms with Crippen molar-refractivity contribution in [3.63, 3.8) is 0 Å². The molecule has 1 nitrogen and oxygen atoms in total. The van der Waals surface area contributed by atoms with Crippen molar-refractivity contribution in [1.29, 1.82) is 0 Å². The van der Waals surface area contributed by atoms with Crippen LogP contribution in [0.15, 0.2) is 0 Å². The van der Waals surface area contributed by atoms with Gasteiger partial charge in [0.1, 0.15) is 0 Å². The fraction of sp³-hybridized carbons (Fsp3) is 0.900. The number of rotatable bonds is 6. The summed E-state index contributed by atoms with van der Waals surface area (Å²) in [5.74, 6) is 0.418. The van der Waals surface area contributed by atoms with E-state index in [0.717, 1.165) is 12.8 Å². The first-order valence-electron chi connectivity index (χ1n) is 4.69. The van der Waals surface area contributed by atoms with Gasteiger partial charge in [0.15, 0.2) is 0 Å². The van der Waals surface area contributed by atoms with Crippen LogP contribution in [0.1, 0.15) is 46.0 Å². The van der Waals surface area contributed by atoms with Crippen LogP contribution in [-0.2, 0) is 0 Å². The predicted octanol–water partition coefficient (Wildman–Crippen LogP) is 2.79. The van der Waals surface area contributed by atoms with Crippen molar-refractivity contribution >= 4 is 0 Å². The van der Waals surface area contributed by atoms with Crippen LogP contribution in [0.5, 0.6) is 0 Å². The quantitative estimate of drug-likeness (QED) is 0.588. The third-order valence-electron chi connectivity index (χ3n) is 2.23. The third-order valence-corrected chi connectivity index (χ3v) is 2.23. The minimum absolute atomic E-state index is 0.177. The highest BCUT2D eigenvalue weighted by Gasteiger charge is 2.11. The van der Waals surface area contributed by atoms with E-state index in [2.05, 4.69) is 13.8 Å². The molecule has 0 amide bonds. The maximum atomic E-state index is 9.27. The van der Waals surface area contributed by atoms with Gasteiger partial charge in [-0.05, 0) is 25.7 Å². The molecule has 0 fully saturated rings. The Morgan fingerprint density at radius 1 is 1.36 bits per heavy atom. The lowest BCUT2D eigenvalue weighted by Gasteiger charge is -2.17. The summed E-state index contributed by atoms with van der Waals surface area (Å²) in [6.07, 6.45) is 5.59. The molecule has 0 aromatic heterocycles. The fourth-order valence-corrected chi connectivity index (χ4v) is 1.28. The minimum atomic E-state index is -0.177. The Kier molecular flexibility index (Phi) is 6.63. The molecule has 2 atom stereocenters.